The largest absolute Gasteiger partial charge is 0.468 e. The Morgan fingerprint density at radius 1 is 1.30 bits per heavy atom. The Morgan fingerprint density at radius 3 is 2.87 bits per heavy atom. The van der Waals surface area contributed by atoms with E-state index in [0.29, 0.717) is 6.42 Å². The van der Waals surface area contributed by atoms with Crippen molar-refractivity contribution in [2.45, 2.75) is 37.3 Å². The lowest BCUT2D eigenvalue weighted by Crippen LogP contribution is -2.53. The van der Waals surface area contributed by atoms with E-state index in [1.165, 1.54) is 5.56 Å². The maximum absolute atomic E-state index is 12.1. The lowest BCUT2D eigenvalue weighted by atomic mass is 9.75. The summed E-state index contributed by atoms with van der Waals surface area (Å²) in [6.07, 6.45) is 7.92. The van der Waals surface area contributed by atoms with E-state index in [1.807, 2.05) is 24.4 Å². The van der Waals surface area contributed by atoms with Gasteiger partial charge in [-0.2, -0.15) is 0 Å². The van der Waals surface area contributed by atoms with Gasteiger partial charge in [0.15, 0.2) is 0 Å². The molecule has 1 unspecified atom stereocenters. The van der Waals surface area contributed by atoms with Gasteiger partial charge in [0.2, 0.25) is 5.91 Å². The van der Waals surface area contributed by atoms with Gasteiger partial charge in [0.1, 0.15) is 5.76 Å². The second kappa shape index (κ2) is 5.81. The predicted octanol–water partition coefficient (Wildman–Crippen LogP) is 2.31. The zero-order chi connectivity index (χ0) is 15.7. The number of carbonyl (C=O) groups excluding carboxylic acids is 1. The van der Waals surface area contributed by atoms with Crippen molar-refractivity contribution in [3.63, 3.8) is 0 Å². The first-order valence-corrected chi connectivity index (χ1v) is 8.21. The van der Waals surface area contributed by atoms with Crippen molar-refractivity contribution < 1.29 is 9.21 Å². The smallest absolute Gasteiger partial charge is 0.221 e. The van der Waals surface area contributed by atoms with Gasteiger partial charge in [0.05, 0.1) is 12.8 Å². The fourth-order valence-electron chi connectivity index (χ4n) is 4.02. The second-order valence-electron chi connectivity index (χ2n) is 6.60. The minimum atomic E-state index is -0.111. The molecular weight excluding hydrogens is 290 g/mol. The number of rotatable bonds is 3. The number of carbonyl (C=O) groups is 1. The highest BCUT2D eigenvalue weighted by molar-refractivity contribution is 5.81. The molecule has 4 rings (SSSR count). The minimum absolute atomic E-state index is 0.111. The van der Waals surface area contributed by atoms with Crippen molar-refractivity contribution in [2.24, 2.45) is 0 Å². The van der Waals surface area contributed by atoms with Crippen molar-refractivity contribution >= 4 is 5.91 Å². The number of furan rings is 1. The van der Waals surface area contributed by atoms with E-state index in [-0.39, 0.29) is 17.4 Å². The number of aromatic nitrogens is 1. The zero-order valence-corrected chi connectivity index (χ0v) is 13.1. The molecule has 1 amide bonds. The molecule has 2 saturated heterocycles. The first-order valence-electron chi connectivity index (χ1n) is 8.21. The van der Waals surface area contributed by atoms with Crippen molar-refractivity contribution in [2.75, 3.05) is 13.1 Å². The van der Waals surface area contributed by atoms with E-state index < -0.39 is 0 Å². The van der Waals surface area contributed by atoms with E-state index in [1.54, 1.807) is 12.5 Å². The van der Waals surface area contributed by atoms with Crippen LogP contribution in [0.1, 0.15) is 36.5 Å². The van der Waals surface area contributed by atoms with Crippen LogP contribution in [0.25, 0.3) is 0 Å². The van der Waals surface area contributed by atoms with Crippen LogP contribution >= 0.6 is 0 Å². The molecule has 2 aromatic rings. The highest BCUT2D eigenvalue weighted by atomic mass is 16.3. The summed E-state index contributed by atoms with van der Waals surface area (Å²) < 4.78 is 5.44. The molecule has 0 aliphatic carbocycles. The SMILES string of the molecule is O=C1CC(c2cccnc2)C2(CCN(Cc3ccco3)CC2)N1. The fourth-order valence-corrected chi connectivity index (χ4v) is 4.02. The second-order valence-corrected chi connectivity index (χ2v) is 6.60. The van der Waals surface area contributed by atoms with E-state index in [9.17, 15) is 4.79 Å². The van der Waals surface area contributed by atoms with Gasteiger partial charge in [-0.25, -0.2) is 0 Å². The monoisotopic (exact) mass is 311 g/mol. The molecule has 2 fully saturated rings. The van der Waals surface area contributed by atoms with Gasteiger partial charge in [-0.05, 0) is 36.6 Å². The maximum Gasteiger partial charge on any atom is 0.221 e. The van der Waals surface area contributed by atoms with Crippen LogP contribution in [0, 0.1) is 0 Å². The molecule has 23 heavy (non-hydrogen) atoms. The molecule has 1 spiro atoms. The number of pyridine rings is 1. The van der Waals surface area contributed by atoms with Crippen LogP contribution in [0.4, 0.5) is 0 Å². The van der Waals surface area contributed by atoms with Crippen molar-refractivity contribution in [1.29, 1.82) is 0 Å². The molecule has 5 nitrogen and oxygen atoms in total. The first-order chi connectivity index (χ1) is 11.3. The van der Waals surface area contributed by atoms with Crippen LogP contribution in [0.2, 0.25) is 0 Å². The molecule has 0 bridgehead atoms. The summed E-state index contributed by atoms with van der Waals surface area (Å²) in [6.45, 7) is 2.78. The number of hydrogen-bond acceptors (Lipinski definition) is 4. The molecule has 120 valence electrons. The summed E-state index contributed by atoms with van der Waals surface area (Å²) in [5, 5.41) is 3.28. The normalized spacial score (nSPS) is 24.0. The topological polar surface area (TPSA) is 58.4 Å². The van der Waals surface area contributed by atoms with Gasteiger partial charge in [-0.15, -0.1) is 0 Å². The Bertz CT molecular complexity index is 661. The van der Waals surface area contributed by atoms with Crippen LogP contribution in [-0.2, 0) is 11.3 Å². The Kier molecular flexibility index (Phi) is 3.65. The Balaban J connectivity index is 1.49. The van der Waals surface area contributed by atoms with Gasteiger partial charge in [-0.3, -0.25) is 14.7 Å². The van der Waals surface area contributed by atoms with Crippen molar-refractivity contribution in [3.8, 4) is 0 Å². The van der Waals surface area contributed by atoms with E-state index in [0.717, 1.165) is 38.2 Å². The lowest BCUT2D eigenvalue weighted by molar-refractivity contribution is -0.120. The zero-order valence-electron chi connectivity index (χ0n) is 13.1. The summed E-state index contributed by atoms with van der Waals surface area (Å²) in [5.74, 6) is 1.40. The fraction of sp³-hybridized carbons (Fsp3) is 0.444. The van der Waals surface area contributed by atoms with Gasteiger partial charge in [0.25, 0.3) is 0 Å². The Morgan fingerprint density at radius 2 is 2.17 bits per heavy atom. The van der Waals surface area contributed by atoms with Crippen molar-refractivity contribution in [1.82, 2.24) is 15.2 Å². The standard InChI is InChI=1S/C18H21N3O2/c22-17-11-16(14-3-1-7-19-12-14)18(20-17)5-8-21(9-6-18)13-15-4-2-10-23-15/h1-4,7,10,12,16H,5-6,8-9,11,13H2,(H,20,22). The third kappa shape index (κ3) is 2.77. The van der Waals surface area contributed by atoms with Crippen LogP contribution in [0.15, 0.2) is 47.3 Å². The van der Waals surface area contributed by atoms with Gasteiger partial charge in [-0.1, -0.05) is 6.07 Å². The van der Waals surface area contributed by atoms with Gasteiger partial charge >= 0.3 is 0 Å². The van der Waals surface area contributed by atoms with Crippen LogP contribution in [0.5, 0.6) is 0 Å². The summed E-state index contributed by atoms with van der Waals surface area (Å²) >= 11 is 0. The summed E-state index contributed by atoms with van der Waals surface area (Å²) in [5.41, 5.74) is 1.06. The molecule has 0 saturated carbocycles. The van der Waals surface area contributed by atoms with Crippen LogP contribution < -0.4 is 5.32 Å². The predicted molar refractivity (Wildman–Crippen MR) is 85.7 cm³/mol. The molecule has 2 aliphatic rings. The molecule has 2 aromatic heterocycles. The molecule has 1 atom stereocenters. The maximum atomic E-state index is 12.1. The van der Waals surface area contributed by atoms with E-state index in [2.05, 4.69) is 21.3 Å². The van der Waals surface area contributed by atoms with Gasteiger partial charge < -0.3 is 9.73 Å². The molecule has 5 heteroatoms. The quantitative estimate of drug-likeness (QED) is 0.945. The highest BCUT2D eigenvalue weighted by Gasteiger charge is 2.48. The first kappa shape index (κ1) is 14.5. The molecule has 4 heterocycles. The number of piperidine rings is 1. The Hall–Kier alpha value is -2.14. The number of likely N-dealkylation sites (tertiary alicyclic amines) is 1. The molecule has 2 aliphatic heterocycles. The molecule has 0 aromatic carbocycles. The van der Waals surface area contributed by atoms with E-state index >= 15 is 0 Å². The lowest BCUT2D eigenvalue weighted by Gasteiger charge is -2.42. The summed E-state index contributed by atoms with van der Waals surface area (Å²) in [6, 6.07) is 7.99. The highest BCUT2D eigenvalue weighted by Crippen LogP contribution is 2.43. The molecular formula is C18H21N3O2. The number of hydrogen-bond donors (Lipinski definition) is 1. The number of nitrogens with one attached hydrogen (secondary N) is 1. The number of amides is 1. The van der Waals surface area contributed by atoms with Crippen LogP contribution in [-0.4, -0.2) is 34.4 Å². The number of nitrogens with zero attached hydrogens (tertiary/aromatic N) is 2. The average molecular weight is 311 g/mol. The average Bonchev–Trinajstić information content (AvgIpc) is 3.19. The van der Waals surface area contributed by atoms with Gasteiger partial charge in [0, 0.05) is 43.4 Å². The third-order valence-corrected chi connectivity index (χ3v) is 5.24. The Labute approximate surface area is 135 Å². The third-order valence-electron chi connectivity index (χ3n) is 5.24. The minimum Gasteiger partial charge on any atom is -0.468 e. The van der Waals surface area contributed by atoms with E-state index in [4.69, 9.17) is 4.42 Å². The molecule has 1 N–H and O–H groups in total. The van der Waals surface area contributed by atoms with Crippen molar-refractivity contribution in [3.05, 3.63) is 54.2 Å². The molecule has 0 radical (unpaired) electrons. The summed E-state index contributed by atoms with van der Waals surface area (Å²) in [7, 11) is 0. The van der Waals surface area contributed by atoms with Crippen LogP contribution in [0.3, 0.4) is 0 Å². The summed E-state index contributed by atoms with van der Waals surface area (Å²) in [4.78, 5) is 18.7.